The van der Waals surface area contributed by atoms with Crippen LogP contribution in [0, 0.1) is 12.8 Å². The van der Waals surface area contributed by atoms with E-state index < -0.39 is 11.7 Å². The first-order valence-electron chi connectivity index (χ1n) is 9.17. The lowest BCUT2D eigenvalue weighted by Crippen LogP contribution is -2.45. The molecule has 1 spiro atoms. The van der Waals surface area contributed by atoms with Crippen molar-refractivity contribution in [3.8, 4) is 0 Å². The molecule has 1 saturated heterocycles. The van der Waals surface area contributed by atoms with Gasteiger partial charge in [-0.25, -0.2) is 15.0 Å². The van der Waals surface area contributed by atoms with E-state index >= 15 is 0 Å². The minimum atomic E-state index is -0.575. The summed E-state index contributed by atoms with van der Waals surface area (Å²) in [6.07, 6.45) is 4.10. The lowest BCUT2D eigenvalue weighted by atomic mass is 9.86. The topological polar surface area (TPSA) is 94.7 Å². The van der Waals surface area contributed by atoms with E-state index in [2.05, 4.69) is 26.9 Å². The van der Waals surface area contributed by atoms with Crippen LogP contribution < -0.4 is 0 Å². The fourth-order valence-corrected chi connectivity index (χ4v) is 4.57. The second kappa shape index (κ2) is 6.37. The molecule has 1 saturated carbocycles. The van der Waals surface area contributed by atoms with Gasteiger partial charge in [0.2, 0.25) is 0 Å². The molecule has 2 aromatic heterocycles. The van der Waals surface area contributed by atoms with Crippen LogP contribution in [0.3, 0.4) is 0 Å². The molecule has 0 amide bonds. The Morgan fingerprint density at radius 2 is 2.27 bits per heavy atom. The molecule has 1 aliphatic carbocycles. The second-order valence-electron chi connectivity index (χ2n) is 7.11. The van der Waals surface area contributed by atoms with Gasteiger partial charge in [0, 0.05) is 12.1 Å². The maximum Gasteiger partial charge on any atom is 0.251 e. The van der Waals surface area contributed by atoms with Gasteiger partial charge in [-0.15, -0.1) is 0 Å². The van der Waals surface area contributed by atoms with Gasteiger partial charge in [0.15, 0.2) is 11.9 Å². The van der Waals surface area contributed by atoms with Gasteiger partial charge in [-0.1, -0.05) is 6.92 Å². The Bertz CT molecular complexity index is 851. The van der Waals surface area contributed by atoms with Crippen LogP contribution in [0.1, 0.15) is 45.3 Å². The SMILES string of the molecule is C/C=N/c1nc(C)c2ncn([C@H]3C[C@H](O)[C@@H](CC)[C@@]34COC(C)O4)c2n1. The van der Waals surface area contributed by atoms with E-state index in [0.717, 1.165) is 23.3 Å². The number of aromatic nitrogens is 4. The van der Waals surface area contributed by atoms with Crippen LogP contribution >= 0.6 is 0 Å². The van der Waals surface area contributed by atoms with E-state index in [1.165, 1.54) is 0 Å². The van der Waals surface area contributed by atoms with E-state index in [0.29, 0.717) is 19.0 Å². The third-order valence-corrected chi connectivity index (χ3v) is 5.65. The average Bonchev–Trinajstić information content (AvgIpc) is 3.25. The summed E-state index contributed by atoms with van der Waals surface area (Å²) in [5, 5.41) is 10.7. The van der Waals surface area contributed by atoms with Gasteiger partial charge in [-0.2, -0.15) is 4.98 Å². The molecule has 5 atom stereocenters. The van der Waals surface area contributed by atoms with Crippen molar-refractivity contribution in [3.05, 3.63) is 12.0 Å². The summed E-state index contributed by atoms with van der Waals surface area (Å²) < 4.78 is 14.1. The first-order chi connectivity index (χ1) is 12.5. The fourth-order valence-electron chi connectivity index (χ4n) is 4.57. The molecule has 0 aromatic carbocycles. The van der Waals surface area contributed by atoms with Gasteiger partial charge in [-0.3, -0.25) is 0 Å². The van der Waals surface area contributed by atoms with Crippen molar-refractivity contribution in [1.82, 2.24) is 19.5 Å². The number of hydrogen-bond acceptors (Lipinski definition) is 7. The van der Waals surface area contributed by atoms with Crippen LogP contribution in [0.5, 0.6) is 0 Å². The lowest BCUT2D eigenvalue weighted by Gasteiger charge is -2.35. The molecular weight excluding hydrogens is 334 g/mol. The third kappa shape index (κ3) is 2.47. The minimum Gasteiger partial charge on any atom is -0.393 e. The number of aliphatic hydroxyl groups is 1. The summed E-state index contributed by atoms with van der Waals surface area (Å²) in [7, 11) is 0. The Morgan fingerprint density at radius 3 is 2.92 bits per heavy atom. The summed E-state index contributed by atoms with van der Waals surface area (Å²) in [6, 6.07) is -0.106. The standard InChI is InChI=1S/C18H25N5O3/c1-5-12-13(24)7-14(18(12)8-25-11(4)26-18)23-9-20-15-10(3)21-17(19-6-2)22-16(15)23/h6,9,11-14,24H,5,7-8H2,1-4H3/b19-6+/t11?,12-,13+,14+,18+/m1/s1. The zero-order chi connectivity index (χ0) is 18.5. The molecule has 8 heteroatoms. The number of aliphatic imine (C=N–C) groups is 1. The number of nitrogens with zero attached hydrogens (tertiary/aromatic N) is 5. The molecular formula is C18H25N5O3. The van der Waals surface area contributed by atoms with Crippen LogP contribution in [0.4, 0.5) is 5.95 Å². The number of aliphatic hydroxyl groups excluding tert-OH is 1. The molecule has 2 aromatic rings. The third-order valence-electron chi connectivity index (χ3n) is 5.65. The Morgan fingerprint density at radius 1 is 1.46 bits per heavy atom. The summed E-state index contributed by atoms with van der Waals surface area (Å²) in [5.41, 5.74) is 1.67. The van der Waals surface area contributed by atoms with Crippen molar-refractivity contribution in [3.63, 3.8) is 0 Å². The van der Waals surface area contributed by atoms with Crippen LogP contribution in [0.15, 0.2) is 11.3 Å². The highest BCUT2D eigenvalue weighted by Gasteiger charge is 2.59. The predicted octanol–water partition coefficient (Wildman–Crippen LogP) is 2.32. The highest BCUT2D eigenvalue weighted by molar-refractivity contribution is 5.75. The summed E-state index contributed by atoms with van der Waals surface area (Å²) >= 11 is 0. The first kappa shape index (κ1) is 17.5. The van der Waals surface area contributed by atoms with Crippen molar-refractivity contribution in [2.45, 2.75) is 64.6 Å². The zero-order valence-electron chi connectivity index (χ0n) is 15.6. The lowest BCUT2D eigenvalue weighted by molar-refractivity contribution is -0.111. The molecule has 3 heterocycles. The number of hydrogen-bond donors (Lipinski definition) is 1. The van der Waals surface area contributed by atoms with E-state index in [1.54, 1.807) is 12.5 Å². The Labute approximate surface area is 152 Å². The maximum atomic E-state index is 10.7. The van der Waals surface area contributed by atoms with E-state index in [-0.39, 0.29) is 18.2 Å². The largest absolute Gasteiger partial charge is 0.393 e. The monoisotopic (exact) mass is 359 g/mol. The predicted molar refractivity (Wildman–Crippen MR) is 96.6 cm³/mol. The molecule has 1 aliphatic heterocycles. The van der Waals surface area contributed by atoms with Gasteiger partial charge in [0.05, 0.1) is 30.8 Å². The Kier molecular flexibility index (Phi) is 4.29. The van der Waals surface area contributed by atoms with Crippen molar-refractivity contribution in [2.75, 3.05) is 6.61 Å². The quantitative estimate of drug-likeness (QED) is 0.845. The smallest absolute Gasteiger partial charge is 0.251 e. The van der Waals surface area contributed by atoms with Gasteiger partial charge in [-0.05, 0) is 33.6 Å². The summed E-state index contributed by atoms with van der Waals surface area (Å²) in [5.74, 6) is 0.418. The van der Waals surface area contributed by atoms with Crippen molar-refractivity contribution in [2.24, 2.45) is 10.9 Å². The van der Waals surface area contributed by atoms with Crippen molar-refractivity contribution < 1.29 is 14.6 Å². The summed E-state index contributed by atoms with van der Waals surface area (Å²) in [6.45, 7) is 8.17. The average molecular weight is 359 g/mol. The molecule has 2 fully saturated rings. The highest BCUT2D eigenvalue weighted by Crippen LogP contribution is 2.51. The highest BCUT2D eigenvalue weighted by atomic mass is 16.7. The van der Waals surface area contributed by atoms with Gasteiger partial charge in [0.1, 0.15) is 11.1 Å². The van der Waals surface area contributed by atoms with E-state index in [1.807, 2.05) is 25.3 Å². The molecule has 0 radical (unpaired) electrons. The number of aryl methyl sites for hydroxylation is 1. The number of imidazole rings is 1. The van der Waals surface area contributed by atoms with Crippen LogP contribution in [0.2, 0.25) is 0 Å². The van der Waals surface area contributed by atoms with Crippen molar-refractivity contribution >= 4 is 23.3 Å². The van der Waals surface area contributed by atoms with Gasteiger partial charge >= 0.3 is 0 Å². The normalized spacial score (nSPS) is 34.7. The van der Waals surface area contributed by atoms with Crippen LogP contribution in [-0.4, -0.2) is 55.4 Å². The molecule has 140 valence electrons. The zero-order valence-corrected chi connectivity index (χ0v) is 15.6. The number of fused-ring (bicyclic) bond motifs is 1. The van der Waals surface area contributed by atoms with Gasteiger partial charge in [0.25, 0.3) is 5.95 Å². The molecule has 0 bridgehead atoms. The molecule has 4 rings (SSSR count). The Hall–Kier alpha value is -1.90. The van der Waals surface area contributed by atoms with Gasteiger partial charge < -0.3 is 19.1 Å². The van der Waals surface area contributed by atoms with E-state index in [9.17, 15) is 5.11 Å². The number of ether oxygens (including phenoxy) is 2. The molecule has 1 N–H and O–H groups in total. The first-order valence-corrected chi connectivity index (χ1v) is 9.17. The molecule has 2 aliphatic rings. The van der Waals surface area contributed by atoms with Crippen molar-refractivity contribution in [1.29, 1.82) is 0 Å². The van der Waals surface area contributed by atoms with E-state index in [4.69, 9.17) is 9.47 Å². The van der Waals surface area contributed by atoms with Crippen LogP contribution in [0.25, 0.3) is 11.2 Å². The molecule has 1 unspecified atom stereocenters. The Balaban J connectivity index is 1.86. The number of rotatable bonds is 3. The molecule has 8 nitrogen and oxygen atoms in total. The van der Waals surface area contributed by atoms with Crippen LogP contribution in [-0.2, 0) is 9.47 Å². The minimum absolute atomic E-state index is 0.00553. The second-order valence-corrected chi connectivity index (χ2v) is 7.11. The maximum absolute atomic E-state index is 10.7. The summed E-state index contributed by atoms with van der Waals surface area (Å²) in [4.78, 5) is 17.7. The molecule has 26 heavy (non-hydrogen) atoms. The fraction of sp³-hybridized carbons (Fsp3) is 0.667.